The minimum absolute atomic E-state index is 0.215. The third-order valence-corrected chi connectivity index (χ3v) is 4.06. The van der Waals surface area contributed by atoms with Gasteiger partial charge in [-0.2, -0.15) is 0 Å². The van der Waals surface area contributed by atoms with Crippen LogP contribution in [0.15, 0.2) is 29.6 Å². The predicted octanol–water partition coefficient (Wildman–Crippen LogP) is 4.09. The van der Waals surface area contributed by atoms with Crippen LogP contribution in [0.4, 0.5) is 0 Å². The van der Waals surface area contributed by atoms with Crippen LogP contribution in [0.2, 0.25) is 0 Å². The van der Waals surface area contributed by atoms with Crippen molar-refractivity contribution in [3.8, 4) is 5.75 Å². The molecule has 0 aliphatic heterocycles. The number of aryl methyl sites for hydroxylation is 1. The third kappa shape index (κ3) is 4.32. The molecule has 0 fully saturated rings. The summed E-state index contributed by atoms with van der Waals surface area (Å²) in [6.07, 6.45) is 0.215. The fourth-order valence-electron chi connectivity index (χ4n) is 1.89. The second kappa shape index (κ2) is 6.86. The van der Waals surface area contributed by atoms with Gasteiger partial charge in [0.2, 0.25) is 0 Å². The van der Waals surface area contributed by atoms with Gasteiger partial charge in [-0.25, -0.2) is 4.98 Å². The number of rotatable bonds is 6. The summed E-state index contributed by atoms with van der Waals surface area (Å²) in [6.45, 7) is 9.08. The van der Waals surface area contributed by atoms with Crippen molar-refractivity contribution in [1.82, 2.24) is 10.3 Å². The molecule has 0 spiro atoms. The standard InChI is InChI=1S/C16H22N2OS/c1-11(2)19-15-7-5-14(6-8-15)9-17-13(4)16-18-12(3)10-20-16/h5-8,10-11,13,17H,9H2,1-4H3. The van der Waals surface area contributed by atoms with Crippen LogP contribution in [0.1, 0.15) is 43.1 Å². The van der Waals surface area contributed by atoms with Crippen molar-refractivity contribution in [2.45, 2.75) is 46.4 Å². The largest absolute Gasteiger partial charge is 0.491 e. The second-order valence-electron chi connectivity index (χ2n) is 5.24. The zero-order valence-electron chi connectivity index (χ0n) is 12.5. The molecule has 0 aliphatic carbocycles. The van der Waals surface area contributed by atoms with Crippen molar-refractivity contribution in [2.75, 3.05) is 0 Å². The predicted molar refractivity (Wildman–Crippen MR) is 84.3 cm³/mol. The highest BCUT2D eigenvalue weighted by molar-refractivity contribution is 7.09. The lowest BCUT2D eigenvalue weighted by Crippen LogP contribution is -2.18. The molecule has 1 aromatic carbocycles. The maximum absolute atomic E-state index is 5.64. The molecule has 0 radical (unpaired) electrons. The lowest BCUT2D eigenvalue weighted by Gasteiger charge is -2.12. The average Bonchev–Trinajstić information content (AvgIpc) is 2.84. The van der Waals surface area contributed by atoms with Crippen molar-refractivity contribution in [3.05, 3.63) is 45.9 Å². The van der Waals surface area contributed by atoms with Crippen LogP contribution in [-0.2, 0) is 6.54 Å². The van der Waals surface area contributed by atoms with Crippen LogP contribution < -0.4 is 10.1 Å². The van der Waals surface area contributed by atoms with E-state index in [9.17, 15) is 0 Å². The molecule has 0 amide bonds. The molecule has 1 aromatic heterocycles. The van der Waals surface area contributed by atoms with Gasteiger partial charge in [0, 0.05) is 17.6 Å². The number of ether oxygens (including phenoxy) is 1. The molecule has 1 N–H and O–H groups in total. The van der Waals surface area contributed by atoms with Gasteiger partial charge < -0.3 is 10.1 Å². The maximum atomic E-state index is 5.64. The van der Waals surface area contributed by atoms with Gasteiger partial charge in [0.1, 0.15) is 10.8 Å². The Morgan fingerprint density at radius 2 is 1.90 bits per heavy atom. The van der Waals surface area contributed by atoms with Crippen LogP contribution in [0, 0.1) is 6.92 Å². The van der Waals surface area contributed by atoms with Crippen LogP contribution in [0.5, 0.6) is 5.75 Å². The molecular weight excluding hydrogens is 268 g/mol. The van der Waals surface area contributed by atoms with E-state index in [0.29, 0.717) is 0 Å². The Labute approximate surface area is 125 Å². The first kappa shape index (κ1) is 15.0. The zero-order chi connectivity index (χ0) is 14.5. The van der Waals surface area contributed by atoms with Gasteiger partial charge in [-0.3, -0.25) is 0 Å². The summed E-state index contributed by atoms with van der Waals surface area (Å²) >= 11 is 1.71. The number of nitrogens with one attached hydrogen (secondary N) is 1. The number of aromatic nitrogens is 1. The smallest absolute Gasteiger partial charge is 0.119 e. The molecule has 1 heterocycles. The summed E-state index contributed by atoms with van der Waals surface area (Å²) in [5, 5.41) is 6.73. The Morgan fingerprint density at radius 3 is 2.45 bits per heavy atom. The average molecular weight is 290 g/mol. The molecule has 0 saturated heterocycles. The molecule has 0 aliphatic rings. The minimum Gasteiger partial charge on any atom is -0.491 e. The quantitative estimate of drug-likeness (QED) is 0.870. The van der Waals surface area contributed by atoms with Gasteiger partial charge in [0.15, 0.2) is 0 Å². The van der Waals surface area contributed by atoms with Gasteiger partial charge in [-0.1, -0.05) is 12.1 Å². The molecule has 4 heteroatoms. The Hall–Kier alpha value is -1.39. The second-order valence-corrected chi connectivity index (χ2v) is 6.13. The van der Waals surface area contributed by atoms with E-state index >= 15 is 0 Å². The van der Waals surface area contributed by atoms with E-state index in [2.05, 4.69) is 34.7 Å². The molecule has 2 rings (SSSR count). The fourth-order valence-corrected chi connectivity index (χ4v) is 2.72. The minimum atomic E-state index is 0.215. The highest BCUT2D eigenvalue weighted by Crippen LogP contribution is 2.18. The van der Waals surface area contributed by atoms with E-state index in [1.165, 1.54) is 5.56 Å². The van der Waals surface area contributed by atoms with Gasteiger partial charge in [-0.15, -0.1) is 11.3 Å². The summed E-state index contributed by atoms with van der Waals surface area (Å²) in [5.74, 6) is 0.923. The lowest BCUT2D eigenvalue weighted by molar-refractivity contribution is 0.242. The maximum Gasteiger partial charge on any atom is 0.119 e. The van der Waals surface area contributed by atoms with E-state index in [4.69, 9.17) is 4.74 Å². The summed E-state index contributed by atoms with van der Waals surface area (Å²) in [7, 11) is 0. The summed E-state index contributed by atoms with van der Waals surface area (Å²) in [6, 6.07) is 8.53. The fraction of sp³-hybridized carbons (Fsp3) is 0.438. The van der Waals surface area contributed by atoms with E-state index in [1.807, 2.05) is 32.9 Å². The molecule has 2 aromatic rings. The van der Waals surface area contributed by atoms with Gasteiger partial charge in [-0.05, 0) is 45.4 Å². The molecule has 20 heavy (non-hydrogen) atoms. The van der Waals surface area contributed by atoms with Crippen molar-refractivity contribution in [2.24, 2.45) is 0 Å². The lowest BCUT2D eigenvalue weighted by atomic mass is 10.2. The van der Waals surface area contributed by atoms with Crippen molar-refractivity contribution >= 4 is 11.3 Å². The van der Waals surface area contributed by atoms with Crippen molar-refractivity contribution in [3.63, 3.8) is 0 Å². The molecule has 0 saturated carbocycles. The van der Waals surface area contributed by atoms with Gasteiger partial charge >= 0.3 is 0 Å². The normalized spacial score (nSPS) is 12.7. The van der Waals surface area contributed by atoms with Crippen LogP contribution in [0.25, 0.3) is 0 Å². The van der Waals surface area contributed by atoms with E-state index in [0.717, 1.165) is 23.0 Å². The van der Waals surface area contributed by atoms with E-state index in [-0.39, 0.29) is 12.1 Å². The summed E-state index contributed by atoms with van der Waals surface area (Å²) < 4.78 is 5.64. The SMILES string of the molecule is Cc1csc(C(C)NCc2ccc(OC(C)C)cc2)n1. The molecular formula is C16H22N2OS. The number of hydrogen-bond acceptors (Lipinski definition) is 4. The topological polar surface area (TPSA) is 34.1 Å². The van der Waals surface area contributed by atoms with Crippen LogP contribution >= 0.6 is 11.3 Å². The molecule has 0 bridgehead atoms. The Balaban J connectivity index is 1.87. The Bertz CT molecular complexity index is 534. The molecule has 108 valence electrons. The molecule has 3 nitrogen and oxygen atoms in total. The summed E-state index contributed by atoms with van der Waals surface area (Å²) in [4.78, 5) is 4.51. The highest BCUT2D eigenvalue weighted by atomic mass is 32.1. The monoisotopic (exact) mass is 290 g/mol. The first-order valence-corrected chi connectivity index (χ1v) is 7.83. The Morgan fingerprint density at radius 1 is 1.20 bits per heavy atom. The van der Waals surface area contributed by atoms with Gasteiger partial charge in [0.05, 0.1) is 12.1 Å². The number of thiazole rings is 1. The first-order valence-electron chi connectivity index (χ1n) is 6.95. The summed E-state index contributed by atoms with van der Waals surface area (Å²) in [5.41, 5.74) is 2.34. The number of hydrogen-bond donors (Lipinski definition) is 1. The molecule has 1 unspecified atom stereocenters. The highest BCUT2D eigenvalue weighted by Gasteiger charge is 2.08. The number of nitrogens with zero attached hydrogens (tertiary/aromatic N) is 1. The third-order valence-electron chi connectivity index (χ3n) is 2.91. The number of benzene rings is 1. The first-order chi connectivity index (χ1) is 9.54. The van der Waals surface area contributed by atoms with Crippen LogP contribution in [-0.4, -0.2) is 11.1 Å². The molecule has 1 atom stereocenters. The van der Waals surface area contributed by atoms with Crippen molar-refractivity contribution in [1.29, 1.82) is 0 Å². The Kier molecular flexibility index (Phi) is 5.15. The zero-order valence-corrected chi connectivity index (χ0v) is 13.3. The van der Waals surface area contributed by atoms with E-state index in [1.54, 1.807) is 11.3 Å². The van der Waals surface area contributed by atoms with Crippen molar-refractivity contribution < 1.29 is 4.74 Å². The van der Waals surface area contributed by atoms with E-state index < -0.39 is 0 Å². The van der Waals surface area contributed by atoms with Gasteiger partial charge in [0.25, 0.3) is 0 Å². The van der Waals surface area contributed by atoms with Crippen LogP contribution in [0.3, 0.4) is 0 Å².